The molecule has 1 aromatic heterocycles. The van der Waals surface area contributed by atoms with Crippen LogP contribution in [-0.2, 0) is 4.79 Å². The smallest absolute Gasteiger partial charge is 0.266 e. The van der Waals surface area contributed by atoms with E-state index in [4.69, 9.17) is 4.74 Å². The lowest BCUT2D eigenvalue weighted by molar-refractivity contribution is -0.112. The van der Waals surface area contributed by atoms with Gasteiger partial charge in [-0.05, 0) is 54.6 Å². The van der Waals surface area contributed by atoms with Crippen molar-refractivity contribution in [1.82, 2.24) is 9.78 Å². The van der Waals surface area contributed by atoms with Gasteiger partial charge in [0, 0.05) is 17.3 Å². The molecule has 0 saturated carbocycles. The highest BCUT2D eigenvalue weighted by Gasteiger charge is 2.16. The van der Waals surface area contributed by atoms with Gasteiger partial charge in [-0.3, -0.25) is 4.79 Å². The molecule has 3 aromatic carbocycles. The molecule has 0 aliphatic rings. The monoisotopic (exact) mass is 438 g/mol. The first-order valence-electron chi connectivity index (χ1n) is 10.1. The Hall–Kier alpha value is -4.70. The number of halogens is 1. The van der Waals surface area contributed by atoms with Crippen molar-refractivity contribution in [1.29, 1.82) is 5.26 Å². The van der Waals surface area contributed by atoms with Gasteiger partial charge in [-0.15, -0.1) is 0 Å². The molecule has 0 fully saturated rings. The number of hydrogen-bond acceptors (Lipinski definition) is 4. The topological polar surface area (TPSA) is 79.9 Å². The summed E-state index contributed by atoms with van der Waals surface area (Å²) < 4.78 is 20.8. The molecule has 1 heterocycles. The summed E-state index contributed by atoms with van der Waals surface area (Å²) in [6, 6.07) is 24.5. The molecular weight excluding hydrogens is 419 g/mol. The Labute approximate surface area is 190 Å². The molecule has 1 N–H and O–H groups in total. The van der Waals surface area contributed by atoms with Gasteiger partial charge in [0.05, 0.1) is 24.2 Å². The molecular formula is C26H19FN4O2. The third-order valence-electron chi connectivity index (χ3n) is 4.91. The molecule has 4 rings (SSSR count). The van der Waals surface area contributed by atoms with E-state index in [0.29, 0.717) is 17.0 Å². The normalized spacial score (nSPS) is 11.0. The number of nitrogens with one attached hydrogen (secondary N) is 1. The maximum absolute atomic E-state index is 13.9. The quantitative estimate of drug-likeness (QED) is 0.330. The predicted molar refractivity (Wildman–Crippen MR) is 124 cm³/mol. The third-order valence-corrected chi connectivity index (χ3v) is 4.91. The molecule has 0 unspecified atom stereocenters. The van der Waals surface area contributed by atoms with Crippen LogP contribution in [-0.4, -0.2) is 22.8 Å². The van der Waals surface area contributed by atoms with E-state index in [9.17, 15) is 14.4 Å². The zero-order valence-corrected chi connectivity index (χ0v) is 17.7. The number of benzene rings is 3. The van der Waals surface area contributed by atoms with Crippen LogP contribution in [0.2, 0.25) is 0 Å². The van der Waals surface area contributed by atoms with Crippen molar-refractivity contribution in [2.75, 3.05) is 12.4 Å². The Morgan fingerprint density at radius 2 is 1.76 bits per heavy atom. The molecule has 0 radical (unpaired) electrons. The Balaban J connectivity index is 1.76. The largest absolute Gasteiger partial charge is 0.497 e. The lowest BCUT2D eigenvalue weighted by atomic mass is 10.1. The van der Waals surface area contributed by atoms with Crippen LogP contribution in [0.3, 0.4) is 0 Å². The fourth-order valence-corrected chi connectivity index (χ4v) is 3.24. The van der Waals surface area contributed by atoms with Crippen molar-refractivity contribution in [3.05, 3.63) is 102 Å². The minimum Gasteiger partial charge on any atom is -0.497 e. The standard InChI is InChI=1S/C26H19FN4O2/c1-33-22-13-11-18(12-14-22)25-20(17-31(30-25)21-7-3-2-4-8-21)15-19(16-28)26(32)29-24-10-6-5-9-23(24)27/h2-15,17H,1H3,(H,29,32). The number of rotatable bonds is 6. The van der Waals surface area contributed by atoms with Crippen molar-refractivity contribution < 1.29 is 13.9 Å². The summed E-state index contributed by atoms with van der Waals surface area (Å²) in [5.74, 6) is -0.602. The minimum atomic E-state index is -0.712. The van der Waals surface area contributed by atoms with Crippen molar-refractivity contribution in [3.63, 3.8) is 0 Å². The number of aromatic nitrogens is 2. The van der Waals surface area contributed by atoms with Crippen LogP contribution in [0.4, 0.5) is 10.1 Å². The lowest BCUT2D eigenvalue weighted by Gasteiger charge is -2.05. The van der Waals surface area contributed by atoms with Crippen molar-refractivity contribution in [2.24, 2.45) is 0 Å². The van der Waals surface area contributed by atoms with Crippen LogP contribution >= 0.6 is 0 Å². The first-order chi connectivity index (χ1) is 16.1. The Bertz CT molecular complexity index is 1350. The molecule has 0 aliphatic heterocycles. The number of nitriles is 1. The van der Waals surface area contributed by atoms with E-state index in [1.165, 1.54) is 24.3 Å². The van der Waals surface area contributed by atoms with Gasteiger partial charge in [-0.25, -0.2) is 9.07 Å². The molecule has 0 saturated heterocycles. The zero-order chi connectivity index (χ0) is 23.2. The van der Waals surface area contributed by atoms with Gasteiger partial charge in [0.25, 0.3) is 5.91 Å². The molecule has 1 amide bonds. The fraction of sp³-hybridized carbons (Fsp3) is 0.0385. The zero-order valence-electron chi connectivity index (χ0n) is 17.7. The molecule has 0 atom stereocenters. The van der Waals surface area contributed by atoms with Crippen molar-refractivity contribution in [2.45, 2.75) is 0 Å². The van der Waals surface area contributed by atoms with E-state index >= 15 is 0 Å². The van der Waals surface area contributed by atoms with Gasteiger partial charge in [0.1, 0.15) is 23.2 Å². The Morgan fingerprint density at radius 1 is 1.06 bits per heavy atom. The minimum absolute atomic E-state index is 0.000918. The molecule has 33 heavy (non-hydrogen) atoms. The van der Waals surface area contributed by atoms with Crippen LogP contribution in [0.5, 0.6) is 5.75 Å². The number of ether oxygens (including phenoxy) is 1. The van der Waals surface area contributed by atoms with Crippen LogP contribution in [0, 0.1) is 17.1 Å². The summed E-state index contributed by atoms with van der Waals surface area (Å²) in [7, 11) is 1.58. The van der Waals surface area contributed by atoms with Crippen LogP contribution in [0.15, 0.2) is 90.6 Å². The Kier molecular flexibility index (Phi) is 6.28. The summed E-state index contributed by atoms with van der Waals surface area (Å²) >= 11 is 0. The first-order valence-corrected chi connectivity index (χ1v) is 10.1. The maximum atomic E-state index is 13.9. The highest BCUT2D eigenvalue weighted by atomic mass is 19.1. The van der Waals surface area contributed by atoms with Crippen LogP contribution in [0.25, 0.3) is 23.0 Å². The molecule has 4 aromatic rings. The highest BCUT2D eigenvalue weighted by molar-refractivity contribution is 6.10. The number of anilines is 1. The van der Waals surface area contributed by atoms with Gasteiger partial charge >= 0.3 is 0 Å². The van der Waals surface area contributed by atoms with Gasteiger partial charge in [0.2, 0.25) is 0 Å². The van der Waals surface area contributed by atoms with Crippen LogP contribution < -0.4 is 10.1 Å². The maximum Gasteiger partial charge on any atom is 0.266 e. The molecule has 0 spiro atoms. The fourth-order valence-electron chi connectivity index (χ4n) is 3.24. The van der Waals surface area contributed by atoms with Gasteiger partial charge in [0.15, 0.2) is 0 Å². The average Bonchev–Trinajstić information content (AvgIpc) is 3.28. The summed E-state index contributed by atoms with van der Waals surface area (Å²) in [6.07, 6.45) is 3.19. The first kappa shape index (κ1) is 21.5. The Morgan fingerprint density at radius 3 is 2.42 bits per heavy atom. The van der Waals surface area contributed by atoms with E-state index in [2.05, 4.69) is 10.4 Å². The number of amides is 1. The van der Waals surface area contributed by atoms with Gasteiger partial charge in [-0.2, -0.15) is 10.4 Å². The molecule has 0 bridgehead atoms. The molecule has 0 aliphatic carbocycles. The average molecular weight is 438 g/mol. The number of hydrogen-bond donors (Lipinski definition) is 1. The summed E-state index contributed by atoms with van der Waals surface area (Å²) in [5.41, 5.74) is 2.56. The molecule has 6 nitrogen and oxygen atoms in total. The SMILES string of the molecule is COc1ccc(-c2nn(-c3ccccc3)cc2C=C(C#N)C(=O)Nc2ccccc2F)cc1. The summed E-state index contributed by atoms with van der Waals surface area (Å²) in [6.45, 7) is 0. The second kappa shape index (κ2) is 9.62. The molecule has 7 heteroatoms. The van der Waals surface area contributed by atoms with E-state index in [0.717, 1.165) is 11.3 Å². The van der Waals surface area contributed by atoms with E-state index in [-0.39, 0.29) is 11.3 Å². The van der Waals surface area contributed by atoms with E-state index in [1.54, 1.807) is 36.2 Å². The van der Waals surface area contributed by atoms with Crippen LogP contribution in [0.1, 0.15) is 5.56 Å². The molecule has 162 valence electrons. The lowest BCUT2D eigenvalue weighted by Crippen LogP contribution is -2.14. The van der Waals surface area contributed by atoms with Crippen molar-refractivity contribution >= 4 is 17.7 Å². The van der Waals surface area contributed by atoms with Gasteiger partial charge < -0.3 is 10.1 Å². The second-order valence-electron chi connectivity index (χ2n) is 7.05. The number of carbonyl (C=O) groups excluding carboxylic acids is 1. The van der Waals surface area contributed by atoms with E-state index < -0.39 is 11.7 Å². The van der Waals surface area contributed by atoms with E-state index in [1.807, 2.05) is 48.5 Å². The number of para-hydroxylation sites is 2. The van der Waals surface area contributed by atoms with Crippen molar-refractivity contribution in [3.8, 4) is 28.8 Å². The summed E-state index contributed by atoms with van der Waals surface area (Å²) in [5, 5.41) is 16.8. The number of nitrogens with zero attached hydrogens (tertiary/aromatic N) is 3. The third kappa shape index (κ3) is 4.81. The number of methoxy groups -OCH3 is 1. The highest BCUT2D eigenvalue weighted by Crippen LogP contribution is 2.27. The predicted octanol–water partition coefficient (Wildman–Crippen LogP) is 5.23. The summed E-state index contributed by atoms with van der Waals surface area (Å²) in [4.78, 5) is 12.7. The van der Waals surface area contributed by atoms with Gasteiger partial charge in [-0.1, -0.05) is 30.3 Å². The second-order valence-corrected chi connectivity index (χ2v) is 7.05. The number of carbonyl (C=O) groups is 1.